The topological polar surface area (TPSA) is 81.4 Å². The number of nitrogens with one attached hydrogen (secondary N) is 1. The maximum absolute atomic E-state index is 12.2. The Balaban J connectivity index is 1.84. The second-order valence-electron chi connectivity index (χ2n) is 7.99. The summed E-state index contributed by atoms with van der Waals surface area (Å²) in [5.41, 5.74) is 5.61. The van der Waals surface area contributed by atoms with Crippen molar-refractivity contribution < 1.29 is 14.3 Å². The molecule has 1 atom stereocenters. The van der Waals surface area contributed by atoms with E-state index in [1.165, 1.54) is 15.9 Å². The van der Waals surface area contributed by atoms with E-state index in [9.17, 15) is 9.59 Å². The summed E-state index contributed by atoms with van der Waals surface area (Å²) in [6, 6.07) is 30.6. The number of esters is 1. The van der Waals surface area contributed by atoms with Gasteiger partial charge in [0, 0.05) is 0 Å². The van der Waals surface area contributed by atoms with Crippen molar-refractivity contribution in [2.24, 2.45) is 5.73 Å². The van der Waals surface area contributed by atoms with Gasteiger partial charge in [-0.15, -0.1) is 0 Å². The van der Waals surface area contributed by atoms with Crippen LogP contribution in [0.15, 0.2) is 91.0 Å². The van der Waals surface area contributed by atoms with Crippen LogP contribution in [0.2, 0.25) is 0 Å². The van der Waals surface area contributed by atoms with Gasteiger partial charge in [-0.2, -0.15) is 0 Å². The summed E-state index contributed by atoms with van der Waals surface area (Å²) in [4.78, 5) is 23.9. The molecule has 1 amide bonds. The van der Waals surface area contributed by atoms with Gasteiger partial charge in [0.05, 0.1) is 0 Å². The van der Waals surface area contributed by atoms with Crippen LogP contribution in [0, 0.1) is 0 Å². The van der Waals surface area contributed by atoms with Gasteiger partial charge in [0.1, 0.15) is 0 Å². The van der Waals surface area contributed by atoms with E-state index in [1.807, 2.05) is 18.2 Å². The number of nitrogens with two attached hydrogens (primary N) is 1. The summed E-state index contributed by atoms with van der Waals surface area (Å²) < 4.78 is 5.44. The summed E-state index contributed by atoms with van der Waals surface area (Å²) in [6.45, 7) is 0.0254. The molecule has 0 saturated carbocycles. The van der Waals surface area contributed by atoms with E-state index < -0.39 is 23.2 Å². The van der Waals surface area contributed by atoms with Gasteiger partial charge >= 0.3 is 215 Å². The standard InChI is InChI=1S/C26H30BrN2O3PS/c27-33(21-11-4-1-5-12-21,22-13-6-2-7-14-22,23-15-8-3-9-16-23)18-10-17-32-25(30)19-29-26(31)24(28)20-34/h1-9,11-16,24,34H,10,17-20,28H2,(H,29,31)/t24-/m0/s1. The molecule has 3 aromatic carbocycles. The van der Waals surface area contributed by atoms with E-state index in [4.69, 9.17) is 10.5 Å². The van der Waals surface area contributed by atoms with Gasteiger partial charge in [-0.05, 0) is 0 Å². The second-order valence-corrected chi connectivity index (χ2v) is 17.4. The first-order chi connectivity index (χ1) is 16.4. The molecule has 180 valence electrons. The fourth-order valence-electron chi connectivity index (χ4n) is 4.02. The molecule has 0 spiro atoms. The summed E-state index contributed by atoms with van der Waals surface area (Å²) >= 11 is 8.36. The van der Waals surface area contributed by atoms with Crippen molar-refractivity contribution >= 4 is 61.2 Å². The third-order valence-corrected chi connectivity index (χ3v) is 16.2. The minimum absolute atomic E-state index is 0.206. The number of thiol groups is 1. The Labute approximate surface area is 214 Å². The van der Waals surface area contributed by atoms with Crippen molar-refractivity contribution in [2.45, 2.75) is 12.5 Å². The molecule has 5 nitrogen and oxygen atoms in total. The maximum atomic E-state index is 12.2. The molecule has 0 heterocycles. The Kier molecular flexibility index (Phi) is 9.31. The van der Waals surface area contributed by atoms with Crippen LogP contribution >= 0.6 is 33.4 Å². The average molecular weight is 561 g/mol. The second kappa shape index (κ2) is 12.0. The van der Waals surface area contributed by atoms with Crippen LogP contribution in [0.3, 0.4) is 0 Å². The first-order valence-electron chi connectivity index (χ1n) is 11.1. The van der Waals surface area contributed by atoms with Crippen molar-refractivity contribution in [2.75, 3.05) is 25.1 Å². The van der Waals surface area contributed by atoms with Crippen molar-refractivity contribution in [1.82, 2.24) is 5.32 Å². The summed E-state index contributed by atoms with van der Waals surface area (Å²) in [6.07, 6.45) is 1.39. The molecule has 0 aliphatic heterocycles. The molecule has 3 rings (SSSR count). The van der Waals surface area contributed by atoms with Crippen molar-refractivity contribution in [1.29, 1.82) is 0 Å². The van der Waals surface area contributed by atoms with Gasteiger partial charge in [0.15, 0.2) is 0 Å². The zero-order valence-electron chi connectivity index (χ0n) is 18.8. The van der Waals surface area contributed by atoms with Crippen molar-refractivity contribution in [3.8, 4) is 0 Å². The number of carbonyl (C=O) groups excluding carboxylic acids is 2. The number of hydrogen-bond acceptors (Lipinski definition) is 5. The van der Waals surface area contributed by atoms with E-state index in [0.29, 0.717) is 6.42 Å². The molecule has 0 aliphatic rings. The van der Waals surface area contributed by atoms with E-state index in [1.54, 1.807) is 0 Å². The van der Waals surface area contributed by atoms with Gasteiger partial charge in [0.2, 0.25) is 0 Å². The Morgan fingerprint density at radius 2 is 1.32 bits per heavy atom. The van der Waals surface area contributed by atoms with Crippen LogP contribution in [0.5, 0.6) is 0 Å². The fourth-order valence-corrected chi connectivity index (χ4v) is 11.8. The monoisotopic (exact) mass is 560 g/mol. The first-order valence-corrected chi connectivity index (χ1v) is 16.2. The molecule has 0 aliphatic carbocycles. The van der Waals surface area contributed by atoms with Crippen molar-refractivity contribution in [3.63, 3.8) is 0 Å². The first kappa shape index (κ1) is 26.4. The minimum atomic E-state index is -3.04. The molecule has 0 unspecified atom stereocenters. The zero-order chi connectivity index (χ0) is 24.5. The number of benzene rings is 3. The van der Waals surface area contributed by atoms with Gasteiger partial charge in [-0.3, -0.25) is 0 Å². The SMILES string of the molecule is N[C@@H](CS)C(=O)NCC(=O)OCCCP(Br)(c1ccccc1)(c1ccccc1)c1ccccc1. The molecular weight excluding hydrogens is 531 g/mol. The number of hydrogen-bond donors (Lipinski definition) is 3. The molecule has 0 saturated heterocycles. The van der Waals surface area contributed by atoms with Crippen LogP contribution < -0.4 is 27.0 Å². The van der Waals surface area contributed by atoms with E-state index in [2.05, 4.69) is 106 Å². The summed E-state index contributed by atoms with van der Waals surface area (Å²) in [5.74, 6) is -0.708. The molecule has 0 bridgehead atoms. The van der Waals surface area contributed by atoms with Crippen LogP contribution in [-0.2, 0) is 14.3 Å². The summed E-state index contributed by atoms with van der Waals surface area (Å²) in [5, 5.41) is 3.09. The van der Waals surface area contributed by atoms with Crippen LogP contribution in [0.1, 0.15) is 6.42 Å². The predicted octanol–water partition coefficient (Wildman–Crippen LogP) is 3.13. The molecule has 3 aromatic rings. The van der Waals surface area contributed by atoms with E-state index in [-0.39, 0.29) is 18.9 Å². The number of carbonyl (C=O) groups is 2. The van der Waals surface area contributed by atoms with Gasteiger partial charge in [-0.25, -0.2) is 0 Å². The fraction of sp³-hybridized carbons (Fsp3) is 0.231. The number of halogens is 1. The molecule has 0 radical (unpaired) electrons. The normalized spacial score (nSPS) is 13.3. The molecule has 34 heavy (non-hydrogen) atoms. The molecular formula is C26H30BrN2O3PS. The van der Waals surface area contributed by atoms with Crippen molar-refractivity contribution in [3.05, 3.63) is 91.0 Å². The third-order valence-electron chi connectivity index (χ3n) is 5.81. The summed E-state index contributed by atoms with van der Waals surface area (Å²) in [7, 11) is 0. The third kappa shape index (κ3) is 5.72. The quantitative estimate of drug-likeness (QED) is 0.146. The van der Waals surface area contributed by atoms with Crippen LogP contribution in [0.4, 0.5) is 0 Å². The average Bonchev–Trinajstić information content (AvgIpc) is 2.90. The van der Waals surface area contributed by atoms with Gasteiger partial charge in [-0.1, -0.05) is 0 Å². The molecule has 3 N–H and O–H groups in total. The Morgan fingerprint density at radius 3 is 1.74 bits per heavy atom. The van der Waals surface area contributed by atoms with Gasteiger partial charge in [0.25, 0.3) is 0 Å². The van der Waals surface area contributed by atoms with E-state index >= 15 is 0 Å². The van der Waals surface area contributed by atoms with Gasteiger partial charge < -0.3 is 0 Å². The zero-order valence-corrected chi connectivity index (χ0v) is 22.2. The number of ether oxygens (including phenoxy) is 1. The molecule has 0 aromatic heterocycles. The molecule has 8 heteroatoms. The van der Waals surface area contributed by atoms with Crippen LogP contribution in [-0.4, -0.2) is 43.0 Å². The number of rotatable bonds is 11. The Morgan fingerprint density at radius 1 is 0.882 bits per heavy atom. The van der Waals surface area contributed by atoms with Crippen LogP contribution in [0.25, 0.3) is 0 Å². The Bertz CT molecular complexity index is 988. The Hall–Kier alpha value is -2.18. The number of amides is 1. The van der Waals surface area contributed by atoms with E-state index in [0.717, 1.165) is 6.16 Å². The predicted molar refractivity (Wildman–Crippen MR) is 149 cm³/mol. The molecule has 0 fully saturated rings.